The number of Topliss-reactive ketones (excluding diaryl/α,β-unsaturated/α-hetero) is 1. The molecule has 0 spiro atoms. The summed E-state index contributed by atoms with van der Waals surface area (Å²) in [4.78, 5) is 11.3. The molecule has 3 rings (SSSR count). The van der Waals surface area contributed by atoms with E-state index in [-0.39, 0.29) is 16.6 Å². The van der Waals surface area contributed by atoms with E-state index in [2.05, 4.69) is 9.88 Å². The van der Waals surface area contributed by atoms with Gasteiger partial charge in [-0.25, -0.2) is 13.1 Å². The fourth-order valence-electron chi connectivity index (χ4n) is 2.30. The van der Waals surface area contributed by atoms with Crippen molar-refractivity contribution in [3.05, 3.63) is 65.9 Å². The van der Waals surface area contributed by atoms with Gasteiger partial charge in [-0.2, -0.15) is 0 Å². The third-order valence-electron chi connectivity index (χ3n) is 3.73. The number of sulfonamides is 1. The van der Waals surface area contributed by atoms with Gasteiger partial charge < -0.3 is 4.52 Å². The normalized spacial score (nSPS) is 11.3. The molecule has 6 nitrogen and oxygen atoms in total. The second-order valence-electron chi connectivity index (χ2n) is 5.62. The van der Waals surface area contributed by atoms with Crippen molar-refractivity contribution in [2.24, 2.45) is 0 Å². The molecule has 0 aliphatic heterocycles. The van der Waals surface area contributed by atoms with E-state index in [0.717, 1.165) is 11.1 Å². The highest BCUT2D eigenvalue weighted by Crippen LogP contribution is 2.29. The number of aryl methyl sites for hydroxylation is 1. The number of nitrogens with zero attached hydrogens (tertiary/aromatic N) is 1. The first-order chi connectivity index (χ1) is 11.9. The molecule has 2 aromatic carbocycles. The highest BCUT2D eigenvalue weighted by atomic mass is 32.2. The maximum absolute atomic E-state index is 12.5. The summed E-state index contributed by atoms with van der Waals surface area (Å²) < 4.78 is 32.5. The lowest BCUT2D eigenvalue weighted by Crippen LogP contribution is -2.13. The van der Waals surface area contributed by atoms with E-state index in [9.17, 15) is 13.2 Å². The van der Waals surface area contributed by atoms with Gasteiger partial charge in [-0.05, 0) is 31.5 Å². The summed E-state index contributed by atoms with van der Waals surface area (Å²) in [5.74, 6) is -0.0895. The predicted molar refractivity (Wildman–Crippen MR) is 93.9 cm³/mol. The highest BCUT2D eigenvalue weighted by molar-refractivity contribution is 7.92. The minimum atomic E-state index is -3.86. The van der Waals surface area contributed by atoms with Crippen molar-refractivity contribution in [2.45, 2.75) is 18.7 Å². The summed E-state index contributed by atoms with van der Waals surface area (Å²) in [5, 5.41) is 3.69. The van der Waals surface area contributed by atoms with Crippen LogP contribution in [0, 0.1) is 6.92 Å². The lowest BCUT2D eigenvalue weighted by molar-refractivity contribution is 0.101. The lowest BCUT2D eigenvalue weighted by atomic mass is 10.1. The first-order valence-electron chi connectivity index (χ1n) is 7.52. The van der Waals surface area contributed by atoms with E-state index in [1.807, 2.05) is 31.2 Å². The van der Waals surface area contributed by atoms with Crippen molar-refractivity contribution in [2.75, 3.05) is 4.72 Å². The Hall–Kier alpha value is -2.93. The van der Waals surface area contributed by atoms with Gasteiger partial charge in [0.15, 0.2) is 5.78 Å². The number of anilines is 1. The average Bonchev–Trinajstić information content (AvgIpc) is 3.03. The van der Waals surface area contributed by atoms with Crippen LogP contribution >= 0.6 is 0 Å². The Labute approximate surface area is 145 Å². The van der Waals surface area contributed by atoms with Crippen LogP contribution in [0.5, 0.6) is 0 Å². The Morgan fingerprint density at radius 1 is 1.04 bits per heavy atom. The van der Waals surface area contributed by atoms with Gasteiger partial charge in [0.05, 0.1) is 16.7 Å². The van der Waals surface area contributed by atoms with Crippen LogP contribution < -0.4 is 4.72 Å². The topological polar surface area (TPSA) is 89.3 Å². The number of aromatic nitrogens is 1. The average molecular weight is 356 g/mol. The predicted octanol–water partition coefficient (Wildman–Crippen LogP) is 3.65. The number of nitrogens with one attached hydrogen (secondary N) is 1. The molecular formula is C18H16N2O4S. The molecule has 0 saturated heterocycles. The molecule has 0 bridgehead atoms. The monoisotopic (exact) mass is 356 g/mol. The fourth-order valence-corrected chi connectivity index (χ4v) is 3.31. The van der Waals surface area contributed by atoms with Gasteiger partial charge in [0.2, 0.25) is 5.88 Å². The Kier molecular flexibility index (Phi) is 4.41. The van der Waals surface area contributed by atoms with E-state index in [1.165, 1.54) is 37.4 Å². The molecule has 0 unspecified atom stereocenters. The first kappa shape index (κ1) is 16.9. The van der Waals surface area contributed by atoms with Gasteiger partial charge in [0.25, 0.3) is 10.0 Å². The third-order valence-corrected chi connectivity index (χ3v) is 5.08. The van der Waals surface area contributed by atoms with Crippen LogP contribution in [0.2, 0.25) is 0 Å². The van der Waals surface area contributed by atoms with E-state index in [0.29, 0.717) is 11.1 Å². The van der Waals surface area contributed by atoms with Crippen LogP contribution in [0.3, 0.4) is 0 Å². The molecule has 0 saturated carbocycles. The number of carbonyl (C=O) groups excluding carboxylic acids is 1. The summed E-state index contributed by atoms with van der Waals surface area (Å²) in [5.41, 5.74) is 2.87. The van der Waals surface area contributed by atoms with Crippen molar-refractivity contribution in [1.82, 2.24) is 5.16 Å². The molecule has 0 atom stereocenters. The van der Waals surface area contributed by atoms with Crippen molar-refractivity contribution in [3.8, 4) is 11.1 Å². The second kappa shape index (κ2) is 6.52. The summed E-state index contributed by atoms with van der Waals surface area (Å²) >= 11 is 0. The smallest absolute Gasteiger partial charge is 0.264 e. The quantitative estimate of drug-likeness (QED) is 0.705. The molecular weight excluding hydrogens is 340 g/mol. The van der Waals surface area contributed by atoms with Crippen molar-refractivity contribution in [3.63, 3.8) is 0 Å². The SMILES string of the molecule is CC(=O)c1ccc(S(=O)(=O)Nc2oncc2-c2ccc(C)cc2)cc1. The van der Waals surface area contributed by atoms with Crippen LogP contribution in [0.4, 0.5) is 5.88 Å². The molecule has 3 aromatic rings. The molecule has 0 radical (unpaired) electrons. The summed E-state index contributed by atoms with van der Waals surface area (Å²) in [6.07, 6.45) is 1.46. The Morgan fingerprint density at radius 2 is 1.68 bits per heavy atom. The van der Waals surface area contributed by atoms with Crippen LogP contribution in [0.15, 0.2) is 64.1 Å². The summed E-state index contributed by atoms with van der Waals surface area (Å²) in [7, 11) is -3.86. The Bertz CT molecular complexity index is 1000. The van der Waals surface area contributed by atoms with Gasteiger partial charge in [0.1, 0.15) is 0 Å². The molecule has 1 heterocycles. The molecule has 0 amide bonds. The zero-order valence-corrected chi connectivity index (χ0v) is 14.5. The highest BCUT2D eigenvalue weighted by Gasteiger charge is 2.20. The zero-order chi connectivity index (χ0) is 18.0. The summed E-state index contributed by atoms with van der Waals surface area (Å²) in [6.45, 7) is 3.38. The molecule has 0 aliphatic carbocycles. The molecule has 128 valence electrons. The number of ketones is 1. The molecule has 1 aromatic heterocycles. The molecule has 0 aliphatic rings. The van der Waals surface area contributed by atoms with Gasteiger partial charge in [-0.15, -0.1) is 0 Å². The Morgan fingerprint density at radius 3 is 2.28 bits per heavy atom. The zero-order valence-electron chi connectivity index (χ0n) is 13.7. The first-order valence-corrected chi connectivity index (χ1v) is 9.01. The number of benzene rings is 2. The number of carbonyl (C=O) groups is 1. The third kappa shape index (κ3) is 3.61. The van der Waals surface area contributed by atoms with Gasteiger partial charge in [-0.3, -0.25) is 4.79 Å². The van der Waals surface area contributed by atoms with E-state index >= 15 is 0 Å². The number of hydrogen-bond donors (Lipinski definition) is 1. The lowest BCUT2D eigenvalue weighted by Gasteiger charge is -2.07. The van der Waals surface area contributed by atoms with Crippen LogP contribution in [-0.2, 0) is 10.0 Å². The number of hydrogen-bond acceptors (Lipinski definition) is 5. The molecule has 0 fully saturated rings. The van der Waals surface area contributed by atoms with Gasteiger partial charge in [0, 0.05) is 5.56 Å². The van der Waals surface area contributed by atoms with Gasteiger partial charge in [-0.1, -0.05) is 47.1 Å². The van der Waals surface area contributed by atoms with Crippen LogP contribution in [0.25, 0.3) is 11.1 Å². The van der Waals surface area contributed by atoms with E-state index < -0.39 is 10.0 Å². The van der Waals surface area contributed by atoms with Gasteiger partial charge >= 0.3 is 0 Å². The summed E-state index contributed by atoms with van der Waals surface area (Å²) in [6, 6.07) is 13.3. The van der Waals surface area contributed by atoms with Crippen LogP contribution in [-0.4, -0.2) is 19.4 Å². The molecule has 7 heteroatoms. The van der Waals surface area contributed by atoms with Crippen molar-refractivity contribution >= 4 is 21.7 Å². The Balaban J connectivity index is 1.90. The van der Waals surface area contributed by atoms with Crippen molar-refractivity contribution < 1.29 is 17.7 Å². The molecule has 25 heavy (non-hydrogen) atoms. The van der Waals surface area contributed by atoms with E-state index in [1.54, 1.807) is 0 Å². The van der Waals surface area contributed by atoms with Crippen molar-refractivity contribution in [1.29, 1.82) is 0 Å². The largest absolute Gasteiger partial charge is 0.337 e. The maximum Gasteiger partial charge on any atom is 0.264 e. The fraction of sp³-hybridized carbons (Fsp3) is 0.111. The minimum Gasteiger partial charge on any atom is -0.337 e. The number of rotatable bonds is 5. The second-order valence-corrected chi connectivity index (χ2v) is 7.30. The molecule has 1 N–H and O–H groups in total. The standard InChI is InChI=1S/C18H16N2O4S/c1-12-3-5-15(6-4-12)17-11-19-24-18(17)20-25(22,23)16-9-7-14(8-10-16)13(2)21/h3-11,20H,1-2H3. The minimum absolute atomic E-state index is 0.0313. The van der Waals surface area contributed by atoms with E-state index in [4.69, 9.17) is 4.52 Å². The van der Waals surface area contributed by atoms with Crippen LogP contribution in [0.1, 0.15) is 22.8 Å². The maximum atomic E-state index is 12.5.